The Hall–Kier alpha value is -1.75. The lowest BCUT2D eigenvalue weighted by atomic mass is 9.79. The van der Waals surface area contributed by atoms with Crippen LogP contribution in [0.25, 0.3) is 0 Å². The molecule has 0 aromatic heterocycles. The highest BCUT2D eigenvalue weighted by Gasteiger charge is 2.35. The summed E-state index contributed by atoms with van der Waals surface area (Å²) >= 11 is 0. The van der Waals surface area contributed by atoms with E-state index in [1.807, 2.05) is 24.3 Å². The predicted octanol–water partition coefficient (Wildman–Crippen LogP) is 2.81. The molecule has 0 heterocycles. The van der Waals surface area contributed by atoms with Gasteiger partial charge in [0.2, 0.25) is 0 Å². The third kappa shape index (κ3) is 1.50. The summed E-state index contributed by atoms with van der Waals surface area (Å²) in [5.41, 5.74) is 0.590. The number of rotatable bonds is 2. The molecule has 1 aromatic rings. The third-order valence-corrected chi connectivity index (χ3v) is 2.94. The molecule has 1 aliphatic rings. The van der Waals surface area contributed by atoms with E-state index < -0.39 is 5.41 Å². The van der Waals surface area contributed by atoms with Crippen LogP contribution < -0.4 is 4.74 Å². The summed E-state index contributed by atoms with van der Waals surface area (Å²) in [5, 5.41) is 9.34. The van der Waals surface area contributed by atoms with Crippen molar-refractivity contribution in [2.75, 3.05) is 7.11 Å². The standard InChI is InChI=1S/C13H13NO/c1-15-12-7-3-2-6-11(12)13(10-14)8-4-5-9-13/h2-7H,8-9H2,1H3. The summed E-state index contributed by atoms with van der Waals surface area (Å²) in [6, 6.07) is 10.2. The molecule has 15 heavy (non-hydrogen) atoms. The highest BCUT2D eigenvalue weighted by atomic mass is 16.5. The molecule has 2 heteroatoms. The first-order valence-corrected chi connectivity index (χ1v) is 5.02. The van der Waals surface area contributed by atoms with Crippen LogP contribution in [0, 0.1) is 11.3 Å². The molecule has 2 rings (SSSR count). The fourth-order valence-corrected chi connectivity index (χ4v) is 2.06. The average Bonchev–Trinajstić information content (AvgIpc) is 2.79. The Kier molecular flexibility index (Phi) is 2.47. The molecule has 0 spiro atoms. The van der Waals surface area contributed by atoms with Crippen molar-refractivity contribution in [2.45, 2.75) is 18.3 Å². The fraction of sp³-hybridized carbons (Fsp3) is 0.308. The Morgan fingerprint density at radius 1 is 1.27 bits per heavy atom. The third-order valence-electron chi connectivity index (χ3n) is 2.94. The van der Waals surface area contributed by atoms with Gasteiger partial charge in [-0.3, -0.25) is 0 Å². The number of allylic oxidation sites excluding steroid dienone is 2. The normalized spacial score (nSPS) is 17.3. The summed E-state index contributed by atoms with van der Waals surface area (Å²) in [7, 11) is 1.65. The number of benzene rings is 1. The van der Waals surface area contributed by atoms with E-state index in [4.69, 9.17) is 4.74 Å². The molecule has 0 bridgehead atoms. The molecule has 0 saturated carbocycles. The van der Waals surface area contributed by atoms with Crippen LogP contribution >= 0.6 is 0 Å². The van der Waals surface area contributed by atoms with Gasteiger partial charge >= 0.3 is 0 Å². The quantitative estimate of drug-likeness (QED) is 0.686. The number of hydrogen-bond donors (Lipinski definition) is 0. The van der Waals surface area contributed by atoms with Gasteiger partial charge in [0, 0.05) is 5.56 Å². The summed E-state index contributed by atoms with van der Waals surface area (Å²) < 4.78 is 5.31. The van der Waals surface area contributed by atoms with Gasteiger partial charge in [0.1, 0.15) is 5.75 Å². The zero-order valence-corrected chi connectivity index (χ0v) is 8.73. The summed E-state index contributed by atoms with van der Waals surface area (Å²) in [6.07, 6.45) is 5.69. The van der Waals surface area contributed by atoms with Crippen LogP contribution in [0.1, 0.15) is 18.4 Å². The van der Waals surface area contributed by atoms with Crippen LogP contribution in [-0.2, 0) is 5.41 Å². The van der Waals surface area contributed by atoms with Gasteiger partial charge in [-0.1, -0.05) is 30.4 Å². The van der Waals surface area contributed by atoms with E-state index in [1.165, 1.54) is 0 Å². The molecule has 2 nitrogen and oxygen atoms in total. The highest BCUT2D eigenvalue weighted by Crippen LogP contribution is 2.40. The van der Waals surface area contributed by atoms with Crippen LogP contribution in [-0.4, -0.2) is 7.11 Å². The van der Waals surface area contributed by atoms with Gasteiger partial charge in [-0.05, 0) is 18.9 Å². The maximum Gasteiger partial charge on any atom is 0.123 e. The molecule has 0 N–H and O–H groups in total. The van der Waals surface area contributed by atoms with E-state index in [-0.39, 0.29) is 0 Å². The molecule has 0 amide bonds. The van der Waals surface area contributed by atoms with E-state index in [0.29, 0.717) is 0 Å². The minimum Gasteiger partial charge on any atom is -0.496 e. The van der Waals surface area contributed by atoms with E-state index in [1.54, 1.807) is 7.11 Å². The van der Waals surface area contributed by atoms with Gasteiger partial charge in [-0.2, -0.15) is 5.26 Å². The number of para-hydroxylation sites is 1. The van der Waals surface area contributed by atoms with Crippen molar-refractivity contribution in [3.05, 3.63) is 42.0 Å². The number of hydrogen-bond acceptors (Lipinski definition) is 2. The lowest BCUT2D eigenvalue weighted by molar-refractivity contribution is 0.399. The van der Waals surface area contributed by atoms with Crippen molar-refractivity contribution in [3.8, 4) is 11.8 Å². The minimum absolute atomic E-state index is 0.410. The number of ether oxygens (including phenoxy) is 1. The van der Waals surface area contributed by atoms with Crippen LogP contribution in [0.3, 0.4) is 0 Å². The van der Waals surface area contributed by atoms with Crippen LogP contribution in [0.2, 0.25) is 0 Å². The Bertz CT molecular complexity index is 420. The average molecular weight is 199 g/mol. The maximum absolute atomic E-state index is 9.34. The van der Waals surface area contributed by atoms with Crippen molar-refractivity contribution in [1.82, 2.24) is 0 Å². The van der Waals surface area contributed by atoms with Gasteiger partial charge in [0.25, 0.3) is 0 Å². The van der Waals surface area contributed by atoms with Crippen molar-refractivity contribution >= 4 is 0 Å². The van der Waals surface area contributed by atoms with Crippen molar-refractivity contribution in [2.24, 2.45) is 0 Å². The molecule has 0 aliphatic heterocycles. The molecule has 1 aromatic carbocycles. The maximum atomic E-state index is 9.34. The van der Waals surface area contributed by atoms with Crippen LogP contribution in [0.15, 0.2) is 36.4 Å². The van der Waals surface area contributed by atoms with E-state index in [2.05, 4.69) is 18.2 Å². The SMILES string of the molecule is COc1ccccc1C1(C#N)CC=CC1. The number of methoxy groups -OCH3 is 1. The topological polar surface area (TPSA) is 33.0 Å². The van der Waals surface area contributed by atoms with Gasteiger partial charge < -0.3 is 4.74 Å². The summed E-state index contributed by atoms with van der Waals surface area (Å²) in [4.78, 5) is 0. The Morgan fingerprint density at radius 2 is 1.93 bits per heavy atom. The van der Waals surface area contributed by atoms with Crippen molar-refractivity contribution in [1.29, 1.82) is 5.26 Å². The zero-order chi connectivity index (χ0) is 10.7. The van der Waals surface area contributed by atoms with E-state index in [0.717, 1.165) is 24.2 Å². The van der Waals surface area contributed by atoms with Crippen LogP contribution in [0.4, 0.5) is 0 Å². The molecule has 1 aliphatic carbocycles. The first kappa shape index (κ1) is 9.79. The van der Waals surface area contributed by atoms with Crippen molar-refractivity contribution < 1.29 is 4.74 Å². The van der Waals surface area contributed by atoms with E-state index in [9.17, 15) is 5.26 Å². The lowest BCUT2D eigenvalue weighted by Gasteiger charge is -2.22. The molecule has 0 fully saturated rings. The zero-order valence-electron chi connectivity index (χ0n) is 8.73. The van der Waals surface area contributed by atoms with Gasteiger partial charge in [-0.25, -0.2) is 0 Å². The number of nitrogens with zero attached hydrogens (tertiary/aromatic N) is 1. The Labute approximate surface area is 89.8 Å². The fourth-order valence-electron chi connectivity index (χ4n) is 2.06. The molecular weight excluding hydrogens is 186 g/mol. The minimum atomic E-state index is -0.410. The second-order valence-electron chi connectivity index (χ2n) is 3.77. The van der Waals surface area contributed by atoms with Crippen molar-refractivity contribution in [3.63, 3.8) is 0 Å². The first-order chi connectivity index (χ1) is 7.32. The monoisotopic (exact) mass is 199 g/mol. The van der Waals surface area contributed by atoms with Gasteiger partial charge in [0.05, 0.1) is 18.6 Å². The second-order valence-corrected chi connectivity index (χ2v) is 3.77. The van der Waals surface area contributed by atoms with Crippen LogP contribution in [0.5, 0.6) is 5.75 Å². The largest absolute Gasteiger partial charge is 0.496 e. The molecule has 0 saturated heterocycles. The predicted molar refractivity (Wildman–Crippen MR) is 58.7 cm³/mol. The second kappa shape index (κ2) is 3.78. The van der Waals surface area contributed by atoms with Gasteiger partial charge in [-0.15, -0.1) is 0 Å². The summed E-state index contributed by atoms with van der Waals surface area (Å²) in [6.45, 7) is 0. The lowest BCUT2D eigenvalue weighted by Crippen LogP contribution is -2.20. The molecule has 0 unspecified atom stereocenters. The smallest absolute Gasteiger partial charge is 0.123 e. The highest BCUT2D eigenvalue weighted by molar-refractivity contribution is 5.46. The first-order valence-electron chi connectivity index (χ1n) is 5.02. The summed E-state index contributed by atoms with van der Waals surface area (Å²) in [5.74, 6) is 0.808. The molecular formula is C13H13NO. The Morgan fingerprint density at radius 3 is 2.53 bits per heavy atom. The molecule has 0 atom stereocenters. The van der Waals surface area contributed by atoms with Gasteiger partial charge in [0.15, 0.2) is 0 Å². The van der Waals surface area contributed by atoms with E-state index >= 15 is 0 Å². The Balaban J connectivity index is 2.48. The number of nitriles is 1. The molecule has 76 valence electrons. The molecule has 0 radical (unpaired) electrons.